The fourth-order valence-electron chi connectivity index (χ4n) is 3.48. The molecule has 1 aromatic rings. The molecule has 0 amide bonds. The lowest BCUT2D eigenvalue weighted by molar-refractivity contribution is 0.138. The Morgan fingerprint density at radius 1 is 1.36 bits per heavy atom. The van der Waals surface area contributed by atoms with Crippen LogP contribution < -0.4 is 10.6 Å². The number of aryl methyl sites for hydroxylation is 1. The third-order valence-corrected chi connectivity index (χ3v) is 5.01. The van der Waals surface area contributed by atoms with Crippen molar-refractivity contribution < 1.29 is 4.74 Å². The molecule has 25 heavy (non-hydrogen) atoms. The molecule has 1 fully saturated rings. The molecule has 0 unspecified atom stereocenters. The molecular weight excluding hydrogens is 431 g/mol. The third kappa shape index (κ3) is 6.73. The van der Waals surface area contributed by atoms with Crippen LogP contribution in [0.4, 0.5) is 0 Å². The zero-order chi connectivity index (χ0) is 17.3. The summed E-state index contributed by atoms with van der Waals surface area (Å²) in [5.41, 5.74) is 0.358. The molecule has 1 aliphatic carbocycles. The Bertz CT molecular complexity index is 513. The minimum Gasteiger partial charge on any atom is -0.385 e. The van der Waals surface area contributed by atoms with E-state index in [0.717, 1.165) is 50.9 Å². The third-order valence-electron chi connectivity index (χ3n) is 5.01. The minimum absolute atomic E-state index is 0. The van der Waals surface area contributed by atoms with E-state index in [4.69, 9.17) is 4.74 Å². The van der Waals surface area contributed by atoms with Crippen molar-refractivity contribution in [1.29, 1.82) is 0 Å². The summed E-state index contributed by atoms with van der Waals surface area (Å²) in [4.78, 5) is 4.34. The van der Waals surface area contributed by atoms with Gasteiger partial charge in [-0.2, -0.15) is 0 Å². The smallest absolute Gasteiger partial charge is 0.191 e. The van der Waals surface area contributed by atoms with Gasteiger partial charge in [-0.1, -0.05) is 19.8 Å². The Balaban J connectivity index is 0.00000312. The SMILES string of the molecule is CCc1nncn1CCNC(=NC)NCC1(CCOC)CCCC1.I. The van der Waals surface area contributed by atoms with E-state index in [9.17, 15) is 0 Å². The van der Waals surface area contributed by atoms with Crippen LogP contribution in [0, 0.1) is 5.41 Å². The number of aromatic nitrogens is 3. The molecule has 1 aromatic heterocycles. The van der Waals surface area contributed by atoms with E-state index in [1.807, 2.05) is 7.05 Å². The van der Waals surface area contributed by atoms with Gasteiger partial charge in [-0.05, 0) is 24.7 Å². The van der Waals surface area contributed by atoms with Gasteiger partial charge in [0.2, 0.25) is 0 Å². The maximum absolute atomic E-state index is 5.30. The van der Waals surface area contributed by atoms with Crippen molar-refractivity contribution in [1.82, 2.24) is 25.4 Å². The number of ether oxygens (including phenoxy) is 1. The number of guanidine groups is 1. The number of nitrogens with zero attached hydrogens (tertiary/aromatic N) is 4. The van der Waals surface area contributed by atoms with E-state index >= 15 is 0 Å². The maximum Gasteiger partial charge on any atom is 0.191 e. The molecule has 8 heteroatoms. The van der Waals surface area contributed by atoms with Crippen molar-refractivity contribution in [2.75, 3.05) is 33.9 Å². The van der Waals surface area contributed by atoms with Gasteiger partial charge in [-0.3, -0.25) is 4.99 Å². The van der Waals surface area contributed by atoms with Crippen LogP contribution in [-0.2, 0) is 17.7 Å². The van der Waals surface area contributed by atoms with Crippen LogP contribution in [0.3, 0.4) is 0 Å². The van der Waals surface area contributed by atoms with Gasteiger partial charge in [0.1, 0.15) is 12.2 Å². The van der Waals surface area contributed by atoms with Crippen LogP contribution in [0.25, 0.3) is 0 Å². The summed E-state index contributed by atoms with van der Waals surface area (Å²) in [6.45, 7) is 5.53. The highest BCUT2D eigenvalue weighted by Crippen LogP contribution is 2.40. The lowest BCUT2D eigenvalue weighted by Gasteiger charge is -2.30. The highest BCUT2D eigenvalue weighted by atomic mass is 127. The number of nitrogens with one attached hydrogen (secondary N) is 2. The lowest BCUT2D eigenvalue weighted by Crippen LogP contribution is -2.44. The van der Waals surface area contributed by atoms with E-state index in [2.05, 4.69) is 37.3 Å². The van der Waals surface area contributed by atoms with E-state index in [1.165, 1.54) is 25.7 Å². The van der Waals surface area contributed by atoms with Crippen molar-refractivity contribution in [3.8, 4) is 0 Å². The molecule has 2 rings (SSSR count). The van der Waals surface area contributed by atoms with Crippen molar-refractivity contribution in [3.63, 3.8) is 0 Å². The number of aliphatic imine (C=N–C) groups is 1. The normalized spacial score (nSPS) is 16.5. The molecule has 1 aliphatic rings. The predicted molar refractivity (Wildman–Crippen MR) is 112 cm³/mol. The minimum atomic E-state index is 0. The van der Waals surface area contributed by atoms with Crippen molar-refractivity contribution in [3.05, 3.63) is 12.2 Å². The molecular formula is C17H33IN6O. The number of methoxy groups -OCH3 is 1. The van der Waals surface area contributed by atoms with Crippen molar-refractivity contribution >= 4 is 29.9 Å². The van der Waals surface area contributed by atoms with Gasteiger partial charge in [0, 0.05) is 46.8 Å². The predicted octanol–water partition coefficient (Wildman–Crippen LogP) is 2.22. The molecule has 0 aromatic carbocycles. The number of hydrogen-bond donors (Lipinski definition) is 2. The van der Waals surface area contributed by atoms with Crippen LogP contribution in [0.1, 0.15) is 44.9 Å². The Hall–Kier alpha value is -0.900. The first kappa shape index (κ1) is 22.1. The zero-order valence-electron chi connectivity index (χ0n) is 15.8. The number of halogens is 1. The summed E-state index contributed by atoms with van der Waals surface area (Å²) in [5.74, 6) is 1.88. The molecule has 0 saturated heterocycles. The first-order valence-electron chi connectivity index (χ1n) is 9.03. The van der Waals surface area contributed by atoms with E-state index < -0.39 is 0 Å². The van der Waals surface area contributed by atoms with Gasteiger partial charge in [0.25, 0.3) is 0 Å². The summed E-state index contributed by atoms with van der Waals surface area (Å²) in [7, 11) is 3.61. The molecule has 7 nitrogen and oxygen atoms in total. The Kier molecular flexibility index (Phi) is 10.3. The Morgan fingerprint density at radius 3 is 2.76 bits per heavy atom. The standard InChI is InChI=1S/C17H32N6O.HI/c1-4-15-22-21-14-23(15)11-10-19-16(18-2)20-13-17(9-12-24-3)7-5-6-8-17;/h14H,4-13H2,1-3H3,(H2,18,19,20);1H. The second-order valence-corrected chi connectivity index (χ2v) is 6.60. The molecule has 1 saturated carbocycles. The second kappa shape index (κ2) is 11.7. The Morgan fingerprint density at radius 2 is 2.12 bits per heavy atom. The largest absolute Gasteiger partial charge is 0.385 e. The van der Waals surface area contributed by atoms with Crippen LogP contribution in [0.2, 0.25) is 0 Å². The molecule has 2 N–H and O–H groups in total. The van der Waals surface area contributed by atoms with Crippen LogP contribution in [0.5, 0.6) is 0 Å². The van der Waals surface area contributed by atoms with E-state index in [0.29, 0.717) is 5.41 Å². The molecule has 0 aliphatic heterocycles. The summed E-state index contributed by atoms with van der Waals surface area (Å²) < 4.78 is 7.38. The molecule has 0 spiro atoms. The first-order valence-corrected chi connectivity index (χ1v) is 9.03. The van der Waals surface area contributed by atoms with Crippen LogP contribution in [-0.4, -0.2) is 54.6 Å². The van der Waals surface area contributed by atoms with E-state index in [-0.39, 0.29) is 24.0 Å². The molecule has 0 radical (unpaired) electrons. The summed E-state index contributed by atoms with van der Waals surface area (Å²) in [6, 6.07) is 0. The first-order chi connectivity index (χ1) is 11.7. The summed E-state index contributed by atoms with van der Waals surface area (Å²) >= 11 is 0. The molecule has 144 valence electrons. The van der Waals surface area contributed by atoms with Gasteiger partial charge >= 0.3 is 0 Å². The molecule has 0 atom stereocenters. The van der Waals surface area contributed by atoms with Crippen molar-refractivity contribution in [2.45, 2.75) is 52.0 Å². The molecule has 1 heterocycles. The number of rotatable bonds is 9. The topological polar surface area (TPSA) is 76.4 Å². The Labute approximate surface area is 168 Å². The van der Waals surface area contributed by atoms with Gasteiger partial charge in [-0.15, -0.1) is 34.2 Å². The average molecular weight is 464 g/mol. The van der Waals surface area contributed by atoms with Crippen LogP contribution in [0.15, 0.2) is 11.3 Å². The number of hydrogen-bond acceptors (Lipinski definition) is 4. The average Bonchev–Trinajstić information content (AvgIpc) is 3.25. The van der Waals surface area contributed by atoms with Gasteiger partial charge in [0.15, 0.2) is 5.96 Å². The second-order valence-electron chi connectivity index (χ2n) is 6.60. The van der Waals surface area contributed by atoms with Crippen LogP contribution >= 0.6 is 24.0 Å². The summed E-state index contributed by atoms with van der Waals surface area (Å²) in [6.07, 6.45) is 9.01. The zero-order valence-corrected chi connectivity index (χ0v) is 18.1. The lowest BCUT2D eigenvalue weighted by atomic mass is 9.83. The van der Waals surface area contributed by atoms with Crippen molar-refractivity contribution in [2.24, 2.45) is 10.4 Å². The van der Waals surface area contributed by atoms with Gasteiger partial charge in [-0.25, -0.2) is 0 Å². The van der Waals surface area contributed by atoms with Gasteiger partial charge in [0.05, 0.1) is 0 Å². The molecule has 0 bridgehead atoms. The van der Waals surface area contributed by atoms with Gasteiger partial charge < -0.3 is 19.9 Å². The highest BCUT2D eigenvalue weighted by molar-refractivity contribution is 14.0. The fourth-order valence-corrected chi connectivity index (χ4v) is 3.48. The maximum atomic E-state index is 5.30. The highest BCUT2D eigenvalue weighted by Gasteiger charge is 2.33. The fraction of sp³-hybridized carbons (Fsp3) is 0.824. The summed E-state index contributed by atoms with van der Waals surface area (Å²) in [5, 5.41) is 15.0. The quantitative estimate of drug-likeness (QED) is 0.333. The van der Waals surface area contributed by atoms with E-state index in [1.54, 1.807) is 13.4 Å². The monoisotopic (exact) mass is 464 g/mol.